The van der Waals surface area contributed by atoms with Crippen molar-refractivity contribution in [3.8, 4) is 11.5 Å². The van der Waals surface area contributed by atoms with Crippen LogP contribution in [0.3, 0.4) is 0 Å². The molecular weight excluding hydrogens is 420 g/mol. The highest BCUT2D eigenvalue weighted by atomic mass is 79.9. The van der Waals surface area contributed by atoms with Crippen molar-refractivity contribution in [3.63, 3.8) is 0 Å². The summed E-state index contributed by atoms with van der Waals surface area (Å²) < 4.78 is 11.9. The Morgan fingerprint density at radius 2 is 1.89 bits per heavy atom. The van der Waals surface area contributed by atoms with Crippen molar-refractivity contribution in [1.29, 1.82) is 0 Å². The van der Waals surface area contributed by atoms with Gasteiger partial charge in [-0.15, -0.1) is 0 Å². The number of rotatable bonds is 11. The van der Waals surface area contributed by atoms with E-state index in [0.717, 1.165) is 34.4 Å². The van der Waals surface area contributed by atoms with Gasteiger partial charge < -0.3 is 20.1 Å². The van der Waals surface area contributed by atoms with Crippen LogP contribution < -0.4 is 20.1 Å². The number of carbonyl (C=O) groups excluding carboxylic acids is 1. The van der Waals surface area contributed by atoms with Crippen molar-refractivity contribution < 1.29 is 14.3 Å². The van der Waals surface area contributed by atoms with Crippen molar-refractivity contribution in [3.05, 3.63) is 52.0 Å². The average molecular weight is 449 g/mol. The highest BCUT2D eigenvalue weighted by Gasteiger charge is 2.14. The van der Waals surface area contributed by atoms with Crippen LogP contribution in [0, 0.1) is 6.92 Å². The van der Waals surface area contributed by atoms with E-state index in [4.69, 9.17) is 9.47 Å². The predicted molar refractivity (Wildman–Crippen MR) is 117 cm³/mol. The molecule has 0 aliphatic heterocycles. The van der Waals surface area contributed by atoms with Crippen LogP contribution in [-0.4, -0.2) is 26.2 Å². The number of benzene rings is 2. The molecule has 5 nitrogen and oxygen atoms in total. The molecule has 0 unspecified atom stereocenters. The zero-order valence-corrected chi connectivity index (χ0v) is 18.4. The van der Waals surface area contributed by atoms with Crippen LogP contribution in [0.25, 0.3) is 0 Å². The van der Waals surface area contributed by atoms with Crippen molar-refractivity contribution in [2.45, 2.75) is 39.7 Å². The third-order valence-electron chi connectivity index (χ3n) is 4.26. The van der Waals surface area contributed by atoms with Crippen LogP contribution in [0.2, 0.25) is 0 Å². The molecule has 2 aromatic rings. The van der Waals surface area contributed by atoms with Gasteiger partial charge in [-0.1, -0.05) is 37.5 Å². The summed E-state index contributed by atoms with van der Waals surface area (Å²) in [6, 6.07) is 11.6. The molecule has 0 saturated carbocycles. The number of ether oxygens (including phenoxy) is 2. The van der Waals surface area contributed by atoms with Gasteiger partial charge in [-0.3, -0.25) is 4.79 Å². The Balaban J connectivity index is 1.92. The maximum Gasteiger partial charge on any atom is 0.262 e. The molecule has 2 rings (SSSR count). The van der Waals surface area contributed by atoms with Crippen LogP contribution in [0.15, 0.2) is 40.9 Å². The summed E-state index contributed by atoms with van der Waals surface area (Å²) in [7, 11) is 1.60. The summed E-state index contributed by atoms with van der Waals surface area (Å²) in [4.78, 5) is 12.2. The van der Waals surface area contributed by atoms with E-state index >= 15 is 0 Å². The Labute approximate surface area is 175 Å². The minimum Gasteiger partial charge on any atom is -0.493 e. The minimum absolute atomic E-state index is 0.0998. The van der Waals surface area contributed by atoms with Crippen molar-refractivity contribution in [2.75, 3.05) is 25.6 Å². The molecule has 1 amide bonds. The van der Waals surface area contributed by atoms with E-state index in [-0.39, 0.29) is 12.5 Å². The van der Waals surface area contributed by atoms with Gasteiger partial charge in [0.2, 0.25) is 0 Å². The molecule has 0 radical (unpaired) electrons. The summed E-state index contributed by atoms with van der Waals surface area (Å²) in [5, 5.41) is 6.26. The molecule has 0 bridgehead atoms. The number of hydrogen-bond acceptors (Lipinski definition) is 4. The standard InChI is InChI=1S/C22H29BrN2O3/c1-4-5-6-11-24-14-17-12-19(23)22(20(13-17)27-3)28-15-21(26)25-18-9-7-16(2)8-10-18/h7-10,12-13,24H,4-6,11,14-15H2,1-3H3,(H,25,26). The third-order valence-corrected chi connectivity index (χ3v) is 4.85. The lowest BCUT2D eigenvalue weighted by molar-refractivity contribution is -0.118. The van der Waals surface area contributed by atoms with Gasteiger partial charge in [0.25, 0.3) is 5.91 Å². The topological polar surface area (TPSA) is 59.6 Å². The zero-order valence-electron chi connectivity index (χ0n) is 16.8. The van der Waals surface area contributed by atoms with E-state index < -0.39 is 0 Å². The Bertz CT molecular complexity index is 763. The maximum absolute atomic E-state index is 12.2. The largest absolute Gasteiger partial charge is 0.493 e. The minimum atomic E-state index is -0.223. The fourth-order valence-electron chi connectivity index (χ4n) is 2.72. The molecule has 0 heterocycles. The van der Waals surface area contributed by atoms with E-state index in [1.54, 1.807) is 7.11 Å². The van der Waals surface area contributed by atoms with E-state index in [1.807, 2.05) is 43.3 Å². The number of nitrogens with one attached hydrogen (secondary N) is 2. The lowest BCUT2D eigenvalue weighted by atomic mass is 10.2. The summed E-state index contributed by atoms with van der Waals surface area (Å²) in [6.45, 7) is 5.85. The fourth-order valence-corrected chi connectivity index (χ4v) is 3.32. The first-order chi connectivity index (χ1) is 13.5. The van der Waals surface area contributed by atoms with Gasteiger partial charge in [-0.25, -0.2) is 0 Å². The lowest BCUT2D eigenvalue weighted by Crippen LogP contribution is -2.20. The van der Waals surface area contributed by atoms with E-state index in [2.05, 4.69) is 33.5 Å². The van der Waals surface area contributed by atoms with Crippen LogP contribution in [-0.2, 0) is 11.3 Å². The molecule has 0 spiro atoms. The molecule has 0 aliphatic rings. The number of unbranched alkanes of at least 4 members (excludes halogenated alkanes) is 2. The zero-order chi connectivity index (χ0) is 20.4. The molecule has 6 heteroatoms. The van der Waals surface area contributed by atoms with Crippen LogP contribution in [0.1, 0.15) is 37.3 Å². The molecular formula is C22H29BrN2O3. The van der Waals surface area contributed by atoms with Gasteiger partial charge in [0.1, 0.15) is 0 Å². The monoisotopic (exact) mass is 448 g/mol. The van der Waals surface area contributed by atoms with E-state index in [9.17, 15) is 4.79 Å². The van der Waals surface area contributed by atoms with Gasteiger partial charge in [0.05, 0.1) is 11.6 Å². The van der Waals surface area contributed by atoms with E-state index in [1.165, 1.54) is 19.3 Å². The maximum atomic E-state index is 12.2. The smallest absolute Gasteiger partial charge is 0.262 e. The molecule has 0 fully saturated rings. The van der Waals surface area contributed by atoms with Crippen molar-refractivity contribution >= 4 is 27.5 Å². The fraction of sp³-hybridized carbons (Fsp3) is 0.409. The summed E-state index contributed by atoms with van der Waals surface area (Å²) in [5.41, 5.74) is 2.98. The normalized spacial score (nSPS) is 10.6. The molecule has 0 saturated heterocycles. The highest BCUT2D eigenvalue weighted by molar-refractivity contribution is 9.10. The predicted octanol–water partition coefficient (Wildman–Crippen LogP) is 5.06. The van der Waals surface area contributed by atoms with Crippen LogP contribution in [0.5, 0.6) is 11.5 Å². The van der Waals surface area contributed by atoms with E-state index in [0.29, 0.717) is 11.5 Å². The number of anilines is 1. The first-order valence-corrected chi connectivity index (χ1v) is 10.4. The average Bonchev–Trinajstić information content (AvgIpc) is 2.68. The Morgan fingerprint density at radius 1 is 1.14 bits per heavy atom. The molecule has 0 atom stereocenters. The van der Waals surface area contributed by atoms with Gasteiger partial charge in [0, 0.05) is 12.2 Å². The van der Waals surface area contributed by atoms with Crippen LogP contribution in [0.4, 0.5) is 5.69 Å². The number of hydrogen-bond donors (Lipinski definition) is 2. The Morgan fingerprint density at radius 3 is 2.57 bits per heavy atom. The second-order valence-corrected chi connectivity index (χ2v) is 7.55. The molecule has 152 valence electrons. The third kappa shape index (κ3) is 7.17. The lowest BCUT2D eigenvalue weighted by Gasteiger charge is -2.15. The molecule has 2 aromatic carbocycles. The SMILES string of the molecule is CCCCCNCc1cc(Br)c(OCC(=O)Nc2ccc(C)cc2)c(OC)c1. The molecule has 0 aliphatic carbocycles. The van der Waals surface area contributed by atoms with Crippen molar-refractivity contribution in [2.24, 2.45) is 0 Å². The number of methoxy groups -OCH3 is 1. The van der Waals surface area contributed by atoms with Gasteiger partial charge >= 0.3 is 0 Å². The first kappa shape index (κ1) is 22.2. The number of carbonyl (C=O) groups is 1. The molecule has 28 heavy (non-hydrogen) atoms. The highest BCUT2D eigenvalue weighted by Crippen LogP contribution is 2.36. The Hall–Kier alpha value is -2.05. The Kier molecular flexibility index (Phi) is 9.31. The number of amides is 1. The first-order valence-electron chi connectivity index (χ1n) is 9.60. The summed E-state index contributed by atoms with van der Waals surface area (Å²) in [5.74, 6) is 0.902. The van der Waals surface area contributed by atoms with Crippen LogP contribution >= 0.6 is 15.9 Å². The van der Waals surface area contributed by atoms with Gasteiger partial charge in [-0.2, -0.15) is 0 Å². The summed E-state index contributed by atoms with van der Waals surface area (Å²) in [6.07, 6.45) is 3.62. The molecule has 2 N–H and O–H groups in total. The van der Waals surface area contributed by atoms with Crippen molar-refractivity contribution in [1.82, 2.24) is 5.32 Å². The summed E-state index contributed by atoms with van der Waals surface area (Å²) >= 11 is 3.53. The van der Waals surface area contributed by atoms with Gasteiger partial charge in [-0.05, 0) is 65.6 Å². The van der Waals surface area contributed by atoms with Gasteiger partial charge in [0.15, 0.2) is 18.1 Å². The number of halogens is 1. The quantitative estimate of drug-likeness (QED) is 0.471. The second kappa shape index (κ2) is 11.7. The molecule has 0 aromatic heterocycles. The number of aryl methyl sites for hydroxylation is 1. The second-order valence-electron chi connectivity index (χ2n) is 6.70.